The molecule has 0 saturated carbocycles. The van der Waals surface area contributed by atoms with Crippen LogP contribution in [-0.2, 0) is 9.59 Å². The molecule has 2 unspecified atom stereocenters. The molecule has 2 aliphatic rings. The summed E-state index contributed by atoms with van der Waals surface area (Å²) >= 11 is 0. The first kappa shape index (κ1) is 21.7. The second-order valence-electron chi connectivity index (χ2n) is 7.96. The topological polar surface area (TPSA) is 83.1 Å². The van der Waals surface area contributed by atoms with Gasteiger partial charge in [0.2, 0.25) is 11.7 Å². The van der Waals surface area contributed by atoms with Crippen LogP contribution in [0, 0.1) is 0 Å². The van der Waals surface area contributed by atoms with Crippen LogP contribution >= 0.6 is 0 Å². The summed E-state index contributed by atoms with van der Waals surface area (Å²) in [5.41, 5.74) is 3.17. The number of allylic oxidation sites excluding steroid dienone is 2. The van der Waals surface area contributed by atoms with Crippen LogP contribution in [0.15, 0.2) is 47.7 Å². The summed E-state index contributed by atoms with van der Waals surface area (Å²) in [6.45, 7) is 0. The van der Waals surface area contributed by atoms with Gasteiger partial charge in [0.15, 0.2) is 17.3 Å². The predicted octanol–water partition coefficient (Wildman–Crippen LogP) is 3.73. The summed E-state index contributed by atoms with van der Waals surface area (Å²) in [5.74, 6) is 1.75. The lowest BCUT2D eigenvalue weighted by Gasteiger charge is -2.34. The van der Waals surface area contributed by atoms with Crippen molar-refractivity contribution in [2.45, 2.75) is 31.1 Å². The number of ketones is 1. The highest BCUT2D eigenvalue weighted by molar-refractivity contribution is 6.02. The fraction of sp³-hybridized carbons (Fsp3) is 0.360. The van der Waals surface area contributed by atoms with Crippen molar-refractivity contribution in [3.05, 3.63) is 58.8 Å². The Labute approximate surface area is 187 Å². The monoisotopic (exact) mass is 437 g/mol. The van der Waals surface area contributed by atoms with Gasteiger partial charge in [-0.05, 0) is 47.7 Å². The van der Waals surface area contributed by atoms with Gasteiger partial charge in [-0.25, -0.2) is 0 Å². The summed E-state index contributed by atoms with van der Waals surface area (Å²) in [6.07, 6.45) is 1.15. The number of hydrogen-bond donors (Lipinski definition) is 1. The molecule has 168 valence electrons. The highest BCUT2D eigenvalue weighted by Gasteiger charge is 2.39. The summed E-state index contributed by atoms with van der Waals surface area (Å²) < 4.78 is 21.7. The number of amides is 1. The molecule has 1 heterocycles. The third-order valence-electron chi connectivity index (χ3n) is 6.19. The lowest BCUT2D eigenvalue weighted by atomic mass is 9.73. The van der Waals surface area contributed by atoms with E-state index < -0.39 is 0 Å². The van der Waals surface area contributed by atoms with E-state index in [0.29, 0.717) is 41.4 Å². The van der Waals surface area contributed by atoms with E-state index in [1.807, 2.05) is 36.4 Å². The zero-order chi connectivity index (χ0) is 22.8. The lowest BCUT2D eigenvalue weighted by Crippen LogP contribution is -2.38. The van der Waals surface area contributed by atoms with E-state index in [0.717, 1.165) is 16.9 Å². The number of rotatable bonds is 6. The summed E-state index contributed by atoms with van der Waals surface area (Å²) in [7, 11) is 6.25. The average molecular weight is 437 g/mol. The Kier molecular flexibility index (Phi) is 6.08. The smallest absolute Gasteiger partial charge is 0.225 e. The van der Waals surface area contributed by atoms with Gasteiger partial charge in [-0.3, -0.25) is 9.59 Å². The van der Waals surface area contributed by atoms with Gasteiger partial charge in [0, 0.05) is 30.0 Å². The Bertz CT molecular complexity index is 1060. The molecule has 0 fully saturated rings. The molecular weight excluding hydrogens is 410 g/mol. The maximum atomic E-state index is 13.4. The van der Waals surface area contributed by atoms with Gasteiger partial charge < -0.3 is 24.3 Å². The van der Waals surface area contributed by atoms with E-state index in [-0.39, 0.29) is 29.9 Å². The first-order valence-corrected chi connectivity index (χ1v) is 10.5. The third kappa shape index (κ3) is 3.90. The number of methoxy groups -OCH3 is 4. The zero-order valence-corrected chi connectivity index (χ0v) is 18.7. The standard InChI is InChI=1S/C25H27NO6/c1-29-17-7-5-6-14(8-17)15-9-19-24(20(27)10-15)18(13-23(28)26-19)16-11-21(30-2)25(32-4)22(12-16)31-3/h5-8,11-12,15,18H,9-10,13H2,1-4H3,(H,26,28). The van der Waals surface area contributed by atoms with Crippen molar-refractivity contribution < 1.29 is 28.5 Å². The molecule has 1 aliphatic carbocycles. The van der Waals surface area contributed by atoms with Gasteiger partial charge in [0.25, 0.3) is 0 Å². The zero-order valence-electron chi connectivity index (χ0n) is 18.7. The summed E-state index contributed by atoms with van der Waals surface area (Å²) in [5, 5.41) is 2.96. The minimum Gasteiger partial charge on any atom is -0.497 e. The van der Waals surface area contributed by atoms with Gasteiger partial charge in [-0.2, -0.15) is 0 Å². The molecule has 2 aromatic carbocycles. The Morgan fingerprint density at radius 3 is 2.16 bits per heavy atom. The molecule has 1 aliphatic heterocycles. The van der Waals surface area contributed by atoms with E-state index in [2.05, 4.69) is 5.32 Å². The number of ether oxygens (including phenoxy) is 4. The second kappa shape index (κ2) is 8.94. The van der Waals surface area contributed by atoms with Gasteiger partial charge in [-0.15, -0.1) is 0 Å². The van der Waals surface area contributed by atoms with Crippen molar-refractivity contribution in [3.8, 4) is 23.0 Å². The van der Waals surface area contributed by atoms with Crippen molar-refractivity contribution in [2.24, 2.45) is 0 Å². The molecule has 0 aromatic heterocycles. The number of Topliss-reactive ketones (excluding diaryl/α,β-unsaturated/α-hetero) is 1. The van der Waals surface area contributed by atoms with E-state index in [1.54, 1.807) is 21.3 Å². The normalized spacial score (nSPS) is 20.4. The van der Waals surface area contributed by atoms with E-state index >= 15 is 0 Å². The van der Waals surface area contributed by atoms with E-state index in [4.69, 9.17) is 18.9 Å². The SMILES string of the molecule is COc1cccc(C2CC(=O)C3=C(C2)NC(=O)CC3c2cc(OC)c(OC)c(OC)c2)c1. The van der Waals surface area contributed by atoms with Crippen LogP contribution in [0.3, 0.4) is 0 Å². The van der Waals surface area contributed by atoms with Crippen LogP contribution in [-0.4, -0.2) is 40.1 Å². The molecule has 32 heavy (non-hydrogen) atoms. The van der Waals surface area contributed by atoms with Gasteiger partial charge >= 0.3 is 0 Å². The molecule has 2 aromatic rings. The Morgan fingerprint density at radius 2 is 1.53 bits per heavy atom. The molecule has 2 atom stereocenters. The molecule has 0 saturated heterocycles. The van der Waals surface area contributed by atoms with Gasteiger partial charge in [0.1, 0.15) is 5.75 Å². The molecule has 7 nitrogen and oxygen atoms in total. The molecule has 1 N–H and O–H groups in total. The molecule has 0 spiro atoms. The molecular formula is C25H27NO6. The highest BCUT2D eigenvalue weighted by atomic mass is 16.5. The first-order valence-electron chi connectivity index (χ1n) is 10.5. The van der Waals surface area contributed by atoms with Crippen molar-refractivity contribution in [1.29, 1.82) is 0 Å². The molecule has 1 amide bonds. The second-order valence-corrected chi connectivity index (χ2v) is 7.96. The minimum absolute atomic E-state index is 0.0182. The number of carbonyl (C=O) groups excluding carboxylic acids is 2. The minimum atomic E-state index is -0.369. The number of carbonyl (C=O) groups is 2. The Hall–Kier alpha value is -3.48. The first-order chi connectivity index (χ1) is 15.5. The van der Waals surface area contributed by atoms with E-state index in [1.165, 1.54) is 7.11 Å². The number of hydrogen-bond acceptors (Lipinski definition) is 6. The van der Waals surface area contributed by atoms with E-state index in [9.17, 15) is 9.59 Å². The highest BCUT2D eigenvalue weighted by Crippen LogP contribution is 2.46. The molecule has 0 radical (unpaired) electrons. The summed E-state index contributed by atoms with van der Waals surface area (Å²) in [4.78, 5) is 26.0. The largest absolute Gasteiger partial charge is 0.497 e. The van der Waals surface area contributed by atoms with Crippen LogP contribution in [0.5, 0.6) is 23.0 Å². The van der Waals surface area contributed by atoms with Crippen LogP contribution in [0.4, 0.5) is 0 Å². The van der Waals surface area contributed by atoms with Crippen molar-refractivity contribution in [3.63, 3.8) is 0 Å². The fourth-order valence-electron chi connectivity index (χ4n) is 4.68. The van der Waals surface area contributed by atoms with Crippen LogP contribution in [0.25, 0.3) is 0 Å². The molecule has 7 heteroatoms. The van der Waals surface area contributed by atoms with Crippen LogP contribution < -0.4 is 24.3 Å². The van der Waals surface area contributed by atoms with Crippen molar-refractivity contribution in [1.82, 2.24) is 5.32 Å². The maximum absolute atomic E-state index is 13.4. The van der Waals surface area contributed by atoms with Crippen LogP contribution in [0.1, 0.15) is 42.2 Å². The average Bonchev–Trinajstić information content (AvgIpc) is 2.82. The van der Waals surface area contributed by atoms with Crippen LogP contribution in [0.2, 0.25) is 0 Å². The third-order valence-corrected chi connectivity index (χ3v) is 6.19. The van der Waals surface area contributed by atoms with Crippen molar-refractivity contribution in [2.75, 3.05) is 28.4 Å². The number of benzene rings is 2. The van der Waals surface area contributed by atoms with Gasteiger partial charge in [0.05, 0.1) is 28.4 Å². The predicted molar refractivity (Wildman–Crippen MR) is 119 cm³/mol. The summed E-state index contributed by atoms with van der Waals surface area (Å²) in [6, 6.07) is 11.4. The Morgan fingerprint density at radius 1 is 0.812 bits per heavy atom. The molecule has 4 rings (SSSR count). The van der Waals surface area contributed by atoms with Crippen molar-refractivity contribution >= 4 is 11.7 Å². The molecule has 0 bridgehead atoms. The van der Waals surface area contributed by atoms with Gasteiger partial charge in [-0.1, -0.05) is 12.1 Å². The number of nitrogens with one attached hydrogen (secondary N) is 1. The fourth-order valence-corrected chi connectivity index (χ4v) is 4.68. The Balaban J connectivity index is 1.75. The quantitative estimate of drug-likeness (QED) is 0.742. The lowest BCUT2D eigenvalue weighted by molar-refractivity contribution is -0.122. The maximum Gasteiger partial charge on any atom is 0.225 e.